The van der Waals surface area contributed by atoms with Crippen molar-refractivity contribution in [2.24, 2.45) is 16.7 Å². The Balaban J connectivity index is 1.80. The van der Waals surface area contributed by atoms with Gasteiger partial charge in [0.05, 0.1) is 12.1 Å². The number of aliphatic carboxylic acids is 1. The molecule has 15 nitrogen and oxygen atoms in total. The maximum absolute atomic E-state index is 14.4. The number of benzene rings is 1. The molecule has 15 heteroatoms. The first kappa shape index (κ1) is 46.3. The molecule has 0 saturated heterocycles. The third kappa shape index (κ3) is 10.9. The smallest absolute Gasteiger partial charge is 0.303 e. The van der Waals surface area contributed by atoms with Crippen LogP contribution in [0.3, 0.4) is 0 Å². The number of anilines is 1. The van der Waals surface area contributed by atoms with Crippen LogP contribution in [0.5, 0.6) is 0 Å². The summed E-state index contributed by atoms with van der Waals surface area (Å²) in [6, 6.07) is 4.89. The maximum atomic E-state index is 14.4. The van der Waals surface area contributed by atoms with E-state index in [1.165, 1.54) is 17.4 Å². The minimum Gasteiger partial charge on any atom is -0.481 e. The Morgan fingerprint density at radius 3 is 2.09 bits per heavy atom. The summed E-state index contributed by atoms with van der Waals surface area (Å²) in [5.41, 5.74) is 1.20. The van der Waals surface area contributed by atoms with Crippen LogP contribution in [0.2, 0.25) is 0 Å². The number of imide groups is 1. The molecule has 0 spiro atoms. The van der Waals surface area contributed by atoms with Crippen molar-refractivity contribution in [3.05, 3.63) is 53.6 Å². The Bertz CT molecular complexity index is 1750. The van der Waals surface area contributed by atoms with Crippen molar-refractivity contribution >= 4 is 47.1 Å². The van der Waals surface area contributed by atoms with Crippen LogP contribution >= 0.6 is 0 Å². The van der Waals surface area contributed by atoms with Gasteiger partial charge in [-0.15, -0.1) is 0 Å². The van der Waals surface area contributed by atoms with E-state index in [9.17, 15) is 38.7 Å². The number of fused-ring (bicyclic) bond motifs is 1. The van der Waals surface area contributed by atoms with Crippen molar-refractivity contribution in [3.63, 3.8) is 0 Å². The molecule has 57 heavy (non-hydrogen) atoms. The molecule has 0 aromatic heterocycles. The number of carboxylic acids is 1. The first-order chi connectivity index (χ1) is 26.4. The molecule has 5 N–H and O–H groups in total. The fourth-order valence-electron chi connectivity index (χ4n) is 8.00. The third-order valence-corrected chi connectivity index (χ3v) is 11.3. The number of amides is 6. The molecular formula is C42H63N7O8. The van der Waals surface area contributed by atoms with Crippen LogP contribution in [0.25, 0.3) is 0 Å². The van der Waals surface area contributed by atoms with Crippen molar-refractivity contribution < 1.29 is 38.7 Å². The molecule has 6 amide bonds. The molecule has 0 bridgehead atoms. The molecule has 0 fully saturated rings. The summed E-state index contributed by atoms with van der Waals surface area (Å²) in [7, 11) is 5.44. The number of carboxylic acid groups (broad SMARTS) is 1. The van der Waals surface area contributed by atoms with Gasteiger partial charge in [0.25, 0.3) is 11.8 Å². The summed E-state index contributed by atoms with van der Waals surface area (Å²) in [4.78, 5) is 95.2. The van der Waals surface area contributed by atoms with E-state index in [2.05, 4.69) is 66.1 Å². The molecule has 1 aromatic rings. The molecule has 2 aliphatic heterocycles. The Kier molecular flexibility index (Phi) is 15.4. The first-order valence-corrected chi connectivity index (χ1v) is 19.5. The lowest BCUT2D eigenvalue weighted by Gasteiger charge is -2.43. The number of nitrogens with zero attached hydrogens (tertiary/aromatic N) is 3. The predicted octanol–water partition coefficient (Wildman–Crippen LogP) is 2.57. The second kappa shape index (κ2) is 18.9. The van der Waals surface area contributed by atoms with Crippen LogP contribution in [-0.2, 0) is 33.6 Å². The molecular weight excluding hydrogens is 731 g/mol. The summed E-state index contributed by atoms with van der Waals surface area (Å²) in [5, 5.41) is 20.8. The van der Waals surface area contributed by atoms with E-state index < -0.39 is 71.0 Å². The Morgan fingerprint density at radius 2 is 1.54 bits per heavy atom. The van der Waals surface area contributed by atoms with E-state index >= 15 is 0 Å². The van der Waals surface area contributed by atoms with Gasteiger partial charge in [-0.2, -0.15) is 0 Å². The highest BCUT2D eigenvalue weighted by Gasteiger charge is 2.49. The largest absolute Gasteiger partial charge is 0.481 e. The van der Waals surface area contributed by atoms with Crippen molar-refractivity contribution in [2.45, 2.75) is 111 Å². The highest BCUT2D eigenvalue weighted by atomic mass is 16.4. The van der Waals surface area contributed by atoms with Crippen molar-refractivity contribution in [1.29, 1.82) is 0 Å². The molecule has 3 rings (SSSR count). The summed E-state index contributed by atoms with van der Waals surface area (Å²) < 4.78 is 0. The zero-order chi connectivity index (χ0) is 43.2. The van der Waals surface area contributed by atoms with Crippen LogP contribution < -0.4 is 26.2 Å². The maximum Gasteiger partial charge on any atom is 0.303 e. The van der Waals surface area contributed by atoms with E-state index in [1.807, 2.05) is 46.8 Å². The average Bonchev–Trinajstić information content (AvgIpc) is 3.59. The van der Waals surface area contributed by atoms with Gasteiger partial charge in [-0.05, 0) is 55.7 Å². The summed E-state index contributed by atoms with van der Waals surface area (Å²) in [5.74, 6) is -4.33. The number of carbonyl (C=O) groups excluding carboxylic acids is 6. The second-order valence-electron chi connectivity index (χ2n) is 17.2. The van der Waals surface area contributed by atoms with Gasteiger partial charge in [-0.25, -0.2) is 0 Å². The quantitative estimate of drug-likeness (QED) is 0.109. The van der Waals surface area contributed by atoms with E-state index in [4.69, 9.17) is 0 Å². The molecule has 0 radical (unpaired) electrons. The Hall–Kier alpha value is -5.05. The lowest BCUT2D eigenvalue weighted by Crippen LogP contribution is -2.62. The second-order valence-corrected chi connectivity index (χ2v) is 17.2. The average molecular weight is 794 g/mol. The van der Waals surface area contributed by atoms with E-state index in [0.29, 0.717) is 0 Å². The van der Waals surface area contributed by atoms with Gasteiger partial charge < -0.3 is 36.2 Å². The zero-order valence-corrected chi connectivity index (χ0v) is 35.6. The summed E-state index contributed by atoms with van der Waals surface area (Å²) in [6.45, 7) is 17.1. The van der Waals surface area contributed by atoms with Crippen molar-refractivity contribution in [1.82, 2.24) is 31.1 Å². The minimum atomic E-state index is -1.23. The number of rotatable bonds is 18. The lowest BCUT2D eigenvalue weighted by atomic mass is 9.67. The number of hydrogen-bond donors (Lipinski definition) is 5. The highest BCUT2D eigenvalue weighted by Crippen LogP contribution is 2.50. The van der Waals surface area contributed by atoms with Gasteiger partial charge in [-0.1, -0.05) is 72.7 Å². The van der Waals surface area contributed by atoms with Gasteiger partial charge in [0.1, 0.15) is 12.1 Å². The van der Waals surface area contributed by atoms with Crippen molar-refractivity contribution in [3.8, 4) is 0 Å². The number of carbonyl (C=O) groups is 7. The molecule has 6 atom stereocenters. The van der Waals surface area contributed by atoms with Gasteiger partial charge in [0.15, 0.2) is 0 Å². The van der Waals surface area contributed by atoms with E-state index in [-0.39, 0.29) is 54.8 Å². The van der Waals surface area contributed by atoms with Crippen LogP contribution in [0.1, 0.15) is 86.6 Å². The molecule has 2 heterocycles. The normalized spacial score (nSPS) is 19.2. The summed E-state index contributed by atoms with van der Waals surface area (Å²) in [6.07, 6.45) is 3.25. The molecule has 0 aliphatic carbocycles. The fraction of sp³-hybridized carbons (Fsp3) is 0.595. The number of para-hydroxylation sites is 1. The monoisotopic (exact) mass is 793 g/mol. The molecule has 2 aliphatic rings. The van der Waals surface area contributed by atoms with Gasteiger partial charge in [-0.3, -0.25) is 38.5 Å². The number of nitrogens with one attached hydrogen (secondary N) is 4. The lowest BCUT2D eigenvalue weighted by molar-refractivity contribution is -0.141. The number of likely N-dealkylation sites (N-methyl/N-ethyl adjacent to an activating group) is 3. The predicted molar refractivity (Wildman–Crippen MR) is 218 cm³/mol. The highest BCUT2D eigenvalue weighted by molar-refractivity contribution is 6.12. The van der Waals surface area contributed by atoms with E-state index in [1.54, 1.807) is 20.2 Å². The van der Waals surface area contributed by atoms with Crippen LogP contribution in [0, 0.1) is 16.7 Å². The van der Waals surface area contributed by atoms with Crippen LogP contribution in [0.4, 0.5) is 5.69 Å². The molecule has 0 saturated carbocycles. The molecule has 314 valence electrons. The van der Waals surface area contributed by atoms with Gasteiger partial charge in [0, 0.05) is 69.0 Å². The first-order valence-electron chi connectivity index (χ1n) is 19.5. The Labute approximate surface area is 337 Å². The Morgan fingerprint density at radius 1 is 0.947 bits per heavy atom. The third-order valence-electron chi connectivity index (χ3n) is 11.3. The number of hydrogen-bond acceptors (Lipinski definition) is 9. The molecule has 1 aromatic carbocycles. The van der Waals surface area contributed by atoms with Crippen LogP contribution in [0.15, 0.2) is 48.1 Å². The van der Waals surface area contributed by atoms with Gasteiger partial charge >= 0.3 is 5.97 Å². The topological polar surface area (TPSA) is 198 Å². The summed E-state index contributed by atoms with van der Waals surface area (Å²) >= 11 is 0. The van der Waals surface area contributed by atoms with Crippen LogP contribution in [-0.4, -0.2) is 121 Å². The fourth-order valence-corrected chi connectivity index (χ4v) is 8.00. The van der Waals surface area contributed by atoms with Gasteiger partial charge in [0.2, 0.25) is 23.6 Å². The zero-order valence-electron chi connectivity index (χ0n) is 35.6. The standard InChI is InChI=1S/C42H63N7O8/c1-24(2)30(23-25(3)37(54)45-28(17-20-33(52)53)38(55)44-21-22-49-31(50)18-19-32(49)51)48(12)40(57)36(41(5,6)7)46-39(56)35(43-10)42(8,9)34-26(4)47(11)29-16-14-13-15-27(29)34/h13-16,18-19,23-24,26,28,30,34-36,43H,17,20-22H2,1-12H3,(H,44,55)(H,45,54)(H,46,56)(H,52,53)/b25-23+/t26?,28?,30-,34?,35?,36-/m1/s1. The van der Waals surface area contributed by atoms with Crippen molar-refractivity contribution in [2.75, 3.05) is 39.1 Å². The van der Waals surface area contributed by atoms with E-state index in [0.717, 1.165) is 22.7 Å². The SMILES string of the molecule is CNC(C(=O)N[C@H](C(=O)N(C)[C@H](/C=C(\C)C(=O)NC(CCC(=O)O)C(=O)NCCN1C(=O)C=CC1=O)C(C)C)C(C)(C)C)C(C)(C)C1c2ccccc2N(C)C1C. The molecule has 4 unspecified atom stereocenters. The minimum absolute atomic E-state index is 0.0107.